The second-order valence-corrected chi connectivity index (χ2v) is 6.05. The number of fused-ring (bicyclic) bond motifs is 1. The Kier molecular flexibility index (Phi) is 3.72. The number of nitrogens with zero attached hydrogens (tertiary/aromatic N) is 2. The summed E-state index contributed by atoms with van der Waals surface area (Å²) >= 11 is 1.29. The first-order valence-electron chi connectivity index (χ1n) is 6.72. The number of anilines is 1. The van der Waals surface area contributed by atoms with Gasteiger partial charge in [-0.15, -0.1) is 10.2 Å². The summed E-state index contributed by atoms with van der Waals surface area (Å²) in [7, 11) is 0. The zero-order valence-corrected chi connectivity index (χ0v) is 12.8. The lowest BCUT2D eigenvalue weighted by Gasteiger charge is -2.01. The van der Waals surface area contributed by atoms with E-state index in [9.17, 15) is 9.59 Å². The third kappa shape index (κ3) is 2.75. The summed E-state index contributed by atoms with van der Waals surface area (Å²) in [4.78, 5) is 24.1. The van der Waals surface area contributed by atoms with Gasteiger partial charge in [-0.2, -0.15) is 0 Å². The third-order valence-corrected chi connectivity index (χ3v) is 4.18. The molecule has 6 nitrogen and oxygen atoms in total. The minimum absolute atomic E-state index is 0.0556. The number of rotatable bonds is 3. The Balaban J connectivity index is 1.91. The molecular weight excluding hydrogens is 302 g/mol. The molecule has 0 aliphatic rings. The molecule has 0 saturated heterocycles. The molecule has 1 N–H and O–H groups in total. The van der Waals surface area contributed by atoms with Crippen LogP contribution in [0.3, 0.4) is 0 Å². The van der Waals surface area contributed by atoms with E-state index in [2.05, 4.69) is 15.5 Å². The highest BCUT2D eigenvalue weighted by molar-refractivity contribution is 7.15. The molecule has 1 aromatic carbocycles. The van der Waals surface area contributed by atoms with Crippen molar-refractivity contribution in [2.75, 3.05) is 5.32 Å². The van der Waals surface area contributed by atoms with Crippen LogP contribution >= 0.6 is 11.3 Å². The molecule has 0 aliphatic heterocycles. The number of amides is 1. The maximum atomic E-state index is 12.2. The van der Waals surface area contributed by atoms with Gasteiger partial charge in [0.25, 0.3) is 5.91 Å². The Morgan fingerprint density at radius 2 is 2.05 bits per heavy atom. The molecule has 0 atom stereocenters. The normalized spacial score (nSPS) is 11.0. The molecule has 0 spiro atoms. The van der Waals surface area contributed by atoms with E-state index in [4.69, 9.17) is 4.42 Å². The van der Waals surface area contributed by atoms with E-state index in [1.807, 2.05) is 19.9 Å². The van der Waals surface area contributed by atoms with E-state index >= 15 is 0 Å². The van der Waals surface area contributed by atoms with Crippen molar-refractivity contribution in [2.24, 2.45) is 0 Å². The molecule has 0 unspecified atom stereocenters. The molecular formula is C15H13N3O3S. The Labute approximate surface area is 129 Å². The van der Waals surface area contributed by atoms with Gasteiger partial charge in [-0.1, -0.05) is 43.4 Å². The summed E-state index contributed by atoms with van der Waals surface area (Å²) < 4.78 is 5.15. The quantitative estimate of drug-likeness (QED) is 0.751. The molecule has 0 saturated carbocycles. The average Bonchev–Trinajstić information content (AvgIpc) is 2.95. The van der Waals surface area contributed by atoms with Gasteiger partial charge in [0, 0.05) is 11.3 Å². The molecule has 3 aromatic rings. The zero-order valence-electron chi connectivity index (χ0n) is 12.0. The topological polar surface area (TPSA) is 85.1 Å². The summed E-state index contributed by atoms with van der Waals surface area (Å²) in [5.74, 6) is -0.320. The fourth-order valence-electron chi connectivity index (χ4n) is 1.90. The first kappa shape index (κ1) is 14.4. The van der Waals surface area contributed by atoms with E-state index in [0.29, 0.717) is 16.1 Å². The van der Waals surface area contributed by atoms with Crippen LogP contribution in [0.25, 0.3) is 11.0 Å². The summed E-state index contributed by atoms with van der Waals surface area (Å²) in [6, 6.07) is 8.54. The Hall–Kier alpha value is -2.54. The van der Waals surface area contributed by atoms with Crippen molar-refractivity contribution < 1.29 is 9.21 Å². The Morgan fingerprint density at radius 3 is 2.77 bits per heavy atom. The standard InChI is InChI=1S/C15H13N3O3S/c1-8(2)13-17-18-15(22-13)16-12(19)10-7-9-5-3-4-6-11(9)21-14(10)20/h3-8H,1-2H3,(H,16,18,19). The first-order chi connectivity index (χ1) is 10.5. The average molecular weight is 315 g/mol. The van der Waals surface area contributed by atoms with Crippen molar-refractivity contribution in [3.8, 4) is 0 Å². The predicted octanol–water partition coefficient (Wildman–Crippen LogP) is 3.02. The lowest BCUT2D eigenvalue weighted by Crippen LogP contribution is -2.20. The van der Waals surface area contributed by atoms with Crippen LogP contribution in [0.4, 0.5) is 5.13 Å². The number of aromatic nitrogens is 2. The van der Waals surface area contributed by atoms with Gasteiger partial charge in [0.15, 0.2) is 0 Å². The molecule has 1 amide bonds. The number of carbonyl (C=O) groups is 1. The van der Waals surface area contributed by atoms with Crippen LogP contribution in [0.5, 0.6) is 0 Å². The van der Waals surface area contributed by atoms with Crippen LogP contribution in [-0.4, -0.2) is 16.1 Å². The Morgan fingerprint density at radius 1 is 1.27 bits per heavy atom. The van der Waals surface area contributed by atoms with Crippen molar-refractivity contribution in [2.45, 2.75) is 19.8 Å². The highest BCUT2D eigenvalue weighted by Gasteiger charge is 2.16. The van der Waals surface area contributed by atoms with Gasteiger partial charge in [0.05, 0.1) is 0 Å². The van der Waals surface area contributed by atoms with Gasteiger partial charge < -0.3 is 4.42 Å². The number of benzene rings is 1. The zero-order chi connectivity index (χ0) is 15.7. The molecule has 0 bridgehead atoms. The lowest BCUT2D eigenvalue weighted by atomic mass is 10.2. The van der Waals surface area contributed by atoms with E-state index in [1.165, 1.54) is 17.4 Å². The minimum atomic E-state index is -0.676. The van der Waals surface area contributed by atoms with Crippen LogP contribution in [0.1, 0.15) is 35.1 Å². The van der Waals surface area contributed by atoms with E-state index in [-0.39, 0.29) is 11.5 Å². The minimum Gasteiger partial charge on any atom is -0.422 e. The maximum Gasteiger partial charge on any atom is 0.349 e. The number of para-hydroxylation sites is 1. The number of carbonyl (C=O) groups excluding carboxylic acids is 1. The number of hydrogen-bond acceptors (Lipinski definition) is 6. The van der Waals surface area contributed by atoms with Crippen molar-refractivity contribution in [1.82, 2.24) is 10.2 Å². The molecule has 2 heterocycles. The van der Waals surface area contributed by atoms with Gasteiger partial charge >= 0.3 is 5.63 Å². The molecule has 7 heteroatoms. The molecule has 3 rings (SSSR count). The summed E-state index contributed by atoms with van der Waals surface area (Å²) in [6.07, 6.45) is 0. The monoisotopic (exact) mass is 315 g/mol. The van der Waals surface area contributed by atoms with E-state index in [0.717, 1.165) is 5.01 Å². The second-order valence-electron chi connectivity index (χ2n) is 5.04. The molecule has 0 aliphatic carbocycles. The van der Waals surface area contributed by atoms with Crippen molar-refractivity contribution >= 4 is 33.3 Å². The second kappa shape index (κ2) is 5.69. The van der Waals surface area contributed by atoms with E-state index < -0.39 is 11.5 Å². The van der Waals surface area contributed by atoms with Gasteiger partial charge in [-0.3, -0.25) is 10.1 Å². The summed E-state index contributed by atoms with van der Waals surface area (Å²) in [5, 5.41) is 12.3. The van der Waals surface area contributed by atoms with Gasteiger partial charge in [0.2, 0.25) is 5.13 Å². The van der Waals surface area contributed by atoms with Crippen molar-refractivity contribution in [3.05, 3.63) is 51.3 Å². The molecule has 0 fully saturated rings. The third-order valence-electron chi connectivity index (χ3n) is 3.04. The van der Waals surface area contributed by atoms with Crippen LogP contribution in [0.2, 0.25) is 0 Å². The fourth-order valence-corrected chi connectivity index (χ4v) is 2.64. The highest BCUT2D eigenvalue weighted by Crippen LogP contribution is 2.22. The highest BCUT2D eigenvalue weighted by atomic mass is 32.1. The summed E-state index contributed by atoms with van der Waals surface area (Å²) in [6.45, 7) is 3.98. The summed E-state index contributed by atoms with van der Waals surface area (Å²) in [5.41, 5.74) is -0.285. The van der Waals surface area contributed by atoms with Gasteiger partial charge in [0.1, 0.15) is 16.2 Å². The van der Waals surface area contributed by atoms with Crippen LogP contribution in [-0.2, 0) is 0 Å². The van der Waals surface area contributed by atoms with Crippen LogP contribution in [0.15, 0.2) is 39.5 Å². The maximum absolute atomic E-state index is 12.2. The predicted molar refractivity (Wildman–Crippen MR) is 84.4 cm³/mol. The first-order valence-corrected chi connectivity index (χ1v) is 7.54. The molecule has 2 aromatic heterocycles. The van der Waals surface area contributed by atoms with Crippen LogP contribution in [0, 0.1) is 0 Å². The SMILES string of the molecule is CC(C)c1nnc(NC(=O)c2cc3ccccc3oc2=O)s1. The van der Waals surface area contributed by atoms with Gasteiger partial charge in [-0.05, 0) is 12.1 Å². The molecule has 112 valence electrons. The number of hydrogen-bond donors (Lipinski definition) is 1. The molecule has 0 radical (unpaired) electrons. The smallest absolute Gasteiger partial charge is 0.349 e. The number of nitrogens with one attached hydrogen (secondary N) is 1. The Bertz CT molecular complexity index is 898. The largest absolute Gasteiger partial charge is 0.422 e. The van der Waals surface area contributed by atoms with Gasteiger partial charge in [-0.25, -0.2) is 4.79 Å². The van der Waals surface area contributed by atoms with Crippen molar-refractivity contribution in [1.29, 1.82) is 0 Å². The molecule has 22 heavy (non-hydrogen) atoms. The fraction of sp³-hybridized carbons (Fsp3) is 0.200. The van der Waals surface area contributed by atoms with Crippen LogP contribution < -0.4 is 10.9 Å². The van der Waals surface area contributed by atoms with Crippen molar-refractivity contribution in [3.63, 3.8) is 0 Å². The van der Waals surface area contributed by atoms with E-state index in [1.54, 1.807) is 18.2 Å². The lowest BCUT2D eigenvalue weighted by molar-refractivity contribution is 0.102.